The summed E-state index contributed by atoms with van der Waals surface area (Å²) in [6.07, 6.45) is 1.64. The molecule has 0 saturated carbocycles. The zero-order valence-corrected chi connectivity index (χ0v) is 19.1. The van der Waals surface area contributed by atoms with Crippen LogP contribution < -0.4 is 10.3 Å². The fourth-order valence-corrected chi connectivity index (χ4v) is 3.69. The Balaban J connectivity index is 1.47. The number of nitrogens with zero attached hydrogens (tertiary/aromatic N) is 3. The summed E-state index contributed by atoms with van der Waals surface area (Å²) in [6, 6.07) is 29.8. The monoisotopic (exact) mass is 465 g/mol. The summed E-state index contributed by atoms with van der Waals surface area (Å²) in [6.45, 7) is 1.93. The Hall–Kier alpha value is -4.22. The van der Waals surface area contributed by atoms with Gasteiger partial charge in [0.2, 0.25) is 0 Å². The Labute approximate surface area is 201 Å². The van der Waals surface area contributed by atoms with Gasteiger partial charge >= 0.3 is 0 Å². The van der Waals surface area contributed by atoms with Crippen molar-refractivity contribution in [2.24, 2.45) is 5.10 Å². The molecule has 1 aromatic heterocycles. The van der Waals surface area contributed by atoms with Crippen LogP contribution in [0.2, 0.25) is 5.02 Å². The summed E-state index contributed by atoms with van der Waals surface area (Å²) in [4.78, 5) is 17.9. The van der Waals surface area contributed by atoms with Gasteiger partial charge in [0.25, 0.3) is 5.56 Å². The van der Waals surface area contributed by atoms with Gasteiger partial charge in [0.15, 0.2) is 5.82 Å². The molecule has 0 aliphatic rings. The molecule has 0 saturated heterocycles. The van der Waals surface area contributed by atoms with Crippen LogP contribution in [0.1, 0.15) is 11.1 Å². The van der Waals surface area contributed by atoms with Crippen molar-refractivity contribution in [3.8, 4) is 22.9 Å². The molecule has 0 amide bonds. The first-order valence-corrected chi connectivity index (χ1v) is 11.1. The van der Waals surface area contributed by atoms with Gasteiger partial charge in [-0.1, -0.05) is 54.1 Å². The third kappa shape index (κ3) is 4.47. The highest BCUT2D eigenvalue weighted by atomic mass is 35.5. The van der Waals surface area contributed by atoms with E-state index in [2.05, 4.69) is 5.10 Å². The van der Waals surface area contributed by atoms with E-state index in [-0.39, 0.29) is 5.56 Å². The second-order valence-electron chi connectivity index (χ2n) is 7.76. The van der Waals surface area contributed by atoms with Crippen molar-refractivity contribution in [3.05, 3.63) is 124 Å². The number of aromatic nitrogens is 2. The molecule has 6 heteroatoms. The number of fused-ring (bicyclic) bond motifs is 1. The predicted molar refractivity (Wildman–Crippen MR) is 137 cm³/mol. The summed E-state index contributed by atoms with van der Waals surface area (Å²) in [5, 5.41) is 5.71. The van der Waals surface area contributed by atoms with Crippen LogP contribution in [0, 0.1) is 6.92 Å². The summed E-state index contributed by atoms with van der Waals surface area (Å²) < 4.78 is 7.25. The van der Waals surface area contributed by atoms with Crippen LogP contribution in [0.15, 0.2) is 107 Å². The molecule has 0 atom stereocenters. The lowest BCUT2D eigenvalue weighted by Crippen LogP contribution is -2.20. The predicted octanol–water partition coefficient (Wildman–Crippen LogP) is 6.70. The topological polar surface area (TPSA) is 56.5 Å². The van der Waals surface area contributed by atoms with Crippen LogP contribution in [-0.4, -0.2) is 15.9 Å². The van der Waals surface area contributed by atoms with E-state index in [0.717, 1.165) is 16.7 Å². The Bertz CT molecular complexity index is 1560. The molecular weight excluding hydrogens is 446 g/mol. The molecule has 0 fully saturated rings. The number of ether oxygens (including phenoxy) is 1. The van der Waals surface area contributed by atoms with E-state index < -0.39 is 0 Å². The average Bonchev–Trinajstić information content (AvgIpc) is 2.87. The van der Waals surface area contributed by atoms with E-state index in [1.54, 1.807) is 12.3 Å². The quantitative estimate of drug-likeness (QED) is 0.271. The number of rotatable bonds is 5. The first-order chi connectivity index (χ1) is 16.6. The lowest BCUT2D eigenvalue weighted by molar-refractivity contribution is 0.482. The van der Waals surface area contributed by atoms with E-state index >= 15 is 0 Å². The molecule has 0 radical (unpaired) electrons. The smallest absolute Gasteiger partial charge is 0.282 e. The number of para-hydroxylation sites is 1. The van der Waals surface area contributed by atoms with E-state index in [1.165, 1.54) is 4.68 Å². The Morgan fingerprint density at radius 1 is 0.882 bits per heavy atom. The standard InChI is InChI=1S/C28H20ClN3O2/c1-19-17-23(15-16-25(19)29)34-22-13-11-20(12-14-22)18-30-32-27(21-7-3-2-4-8-21)31-26-10-6-5-9-24(26)28(32)33/h2-18H,1H3/b30-18+. The minimum atomic E-state index is -0.223. The number of aryl methyl sites for hydroxylation is 1. The van der Waals surface area contributed by atoms with Gasteiger partial charge in [0, 0.05) is 10.6 Å². The highest BCUT2D eigenvalue weighted by Crippen LogP contribution is 2.26. The molecule has 4 aromatic carbocycles. The van der Waals surface area contributed by atoms with Gasteiger partial charge in [-0.15, -0.1) is 0 Å². The maximum atomic E-state index is 13.2. The molecule has 166 valence electrons. The zero-order chi connectivity index (χ0) is 23.5. The summed E-state index contributed by atoms with van der Waals surface area (Å²) in [5.74, 6) is 1.89. The van der Waals surface area contributed by atoms with Gasteiger partial charge < -0.3 is 4.74 Å². The van der Waals surface area contributed by atoms with Crippen LogP contribution in [-0.2, 0) is 0 Å². The highest BCUT2D eigenvalue weighted by molar-refractivity contribution is 6.31. The molecule has 5 nitrogen and oxygen atoms in total. The number of hydrogen-bond acceptors (Lipinski definition) is 4. The summed E-state index contributed by atoms with van der Waals surface area (Å²) in [7, 11) is 0. The SMILES string of the molecule is Cc1cc(Oc2ccc(/C=N/n3c(-c4ccccc4)nc4ccccc4c3=O)cc2)ccc1Cl. The highest BCUT2D eigenvalue weighted by Gasteiger charge is 2.12. The Morgan fingerprint density at radius 3 is 2.35 bits per heavy atom. The first kappa shape index (κ1) is 21.6. The maximum absolute atomic E-state index is 13.2. The van der Waals surface area contributed by atoms with Gasteiger partial charge in [-0.3, -0.25) is 4.79 Å². The largest absolute Gasteiger partial charge is 0.457 e. The van der Waals surface area contributed by atoms with Crippen molar-refractivity contribution in [3.63, 3.8) is 0 Å². The van der Waals surface area contributed by atoms with E-state index in [1.807, 2.05) is 97.9 Å². The first-order valence-electron chi connectivity index (χ1n) is 10.7. The summed E-state index contributed by atoms with van der Waals surface area (Å²) >= 11 is 6.08. The Morgan fingerprint density at radius 2 is 1.59 bits per heavy atom. The van der Waals surface area contributed by atoms with Crippen molar-refractivity contribution >= 4 is 28.7 Å². The molecule has 0 unspecified atom stereocenters. The van der Waals surface area contributed by atoms with Crippen LogP contribution in [0.5, 0.6) is 11.5 Å². The van der Waals surface area contributed by atoms with Gasteiger partial charge in [-0.2, -0.15) is 9.78 Å². The number of benzene rings is 4. The van der Waals surface area contributed by atoms with Crippen molar-refractivity contribution in [2.75, 3.05) is 0 Å². The fourth-order valence-electron chi connectivity index (χ4n) is 3.57. The molecule has 0 spiro atoms. The van der Waals surface area contributed by atoms with Gasteiger partial charge in [0.05, 0.1) is 17.1 Å². The Kier molecular flexibility index (Phi) is 5.93. The van der Waals surface area contributed by atoms with Crippen LogP contribution >= 0.6 is 11.6 Å². The minimum Gasteiger partial charge on any atom is -0.457 e. The van der Waals surface area contributed by atoms with Crippen molar-refractivity contribution < 1.29 is 4.74 Å². The van der Waals surface area contributed by atoms with Crippen LogP contribution in [0.25, 0.3) is 22.3 Å². The lowest BCUT2D eigenvalue weighted by Gasteiger charge is -2.09. The second kappa shape index (κ2) is 9.33. The molecule has 5 rings (SSSR count). The molecule has 0 N–H and O–H groups in total. The zero-order valence-electron chi connectivity index (χ0n) is 18.4. The maximum Gasteiger partial charge on any atom is 0.282 e. The minimum absolute atomic E-state index is 0.223. The molecule has 5 aromatic rings. The third-order valence-electron chi connectivity index (χ3n) is 5.35. The third-order valence-corrected chi connectivity index (χ3v) is 5.78. The van der Waals surface area contributed by atoms with Gasteiger partial charge in [-0.05, 0) is 72.6 Å². The van der Waals surface area contributed by atoms with Crippen molar-refractivity contribution in [1.82, 2.24) is 9.66 Å². The van der Waals surface area contributed by atoms with Crippen LogP contribution in [0.4, 0.5) is 0 Å². The van der Waals surface area contributed by atoms with Crippen molar-refractivity contribution in [2.45, 2.75) is 6.92 Å². The summed E-state index contributed by atoms with van der Waals surface area (Å²) in [5.41, 5.74) is 2.99. The van der Waals surface area contributed by atoms with E-state index in [9.17, 15) is 4.79 Å². The van der Waals surface area contributed by atoms with Crippen LogP contribution in [0.3, 0.4) is 0 Å². The normalized spacial score (nSPS) is 11.2. The fraction of sp³-hybridized carbons (Fsp3) is 0.0357. The van der Waals surface area contributed by atoms with E-state index in [0.29, 0.717) is 33.2 Å². The van der Waals surface area contributed by atoms with E-state index in [4.69, 9.17) is 21.3 Å². The van der Waals surface area contributed by atoms with Gasteiger partial charge in [0.1, 0.15) is 11.5 Å². The van der Waals surface area contributed by atoms with Crippen molar-refractivity contribution in [1.29, 1.82) is 0 Å². The number of hydrogen-bond donors (Lipinski definition) is 0. The molecule has 0 bridgehead atoms. The molecule has 34 heavy (non-hydrogen) atoms. The molecule has 0 aliphatic heterocycles. The van der Waals surface area contributed by atoms with Gasteiger partial charge in [-0.25, -0.2) is 4.98 Å². The average molecular weight is 466 g/mol. The number of halogens is 1. The molecule has 1 heterocycles. The molecular formula is C28H20ClN3O2. The molecule has 0 aliphatic carbocycles. The second-order valence-corrected chi connectivity index (χ2v) is 8.17. The lowest BCUT2D eigenvalue weighted by atomic mass is 10.2.